The molecule has 21 heavy (non-hydrogen) atoms. The molecule has 7 nitrogen and oxygen atoms in total. The van der Waals surface area contributed by atoms with E-state index in [1.54, 1.807) is 4.90 Å². The van der Waals surface area contributed by atoms with Gasteiger partial charge in [0.05, 0.1) is 0 Å². The average molecular weight is 299 g/mol. The van der Waals surface area contributed by atoms with E-state index in [0.29, 0.717) is 25.9 Å². The van der Waals surface area contributed by atoms with Crippen molar-refractivity contribution in [2.75, 3.05) is 19.6 Å². The molecule has 1 rings (SSSR count). The maximum Gasteiger partial charge on any atom is 0.323 e. The molecule has 0 spiro atoms. The van der Waals surface area contributed by atoms with Gasteiger partial charge in [0.2, 0.25) is 5.91 Å². The van der Waals surface area contributed by atoms with Crippen molar-refractivity contribution >= 4 is 17.9 Å². The van der Waals surface area contributed by atoms with Crippen molar-refractivity contribution < 1.29 is 19.5 Å². The second-order valence-electron chi connectivity index (χ2n) is 5.66. The van der Waals surface area contributed by atoms with E-state index < -0.39 is 5.97 Å². The molecule has 1 atom stereocenters. The molecule has 120 valence electrons. The zero-order valence-corrected chi connectivity index (χ0v) is 12.7. The summed E-state index contributed by atoms with van der Waals surface area (Å²) in [6.07, 6.45) is 2.52. The predicted octanol–water partition coefficient (Wildman–Crippen LogP) is 0.879. The van der Waals surface area contributed by atoms with E-state index in [2.05, 4.69) is 0 Å². The van der Waals surface area contributed by atoms with Gasteiger partial charge in [0.1, 0.15) is 6.54 Å². The van der Waals surface area contributed by atoms with Crippen LogP contribution in [0.2, 0.25) is 0 Å². The third-order valence-corrected chi connectivity index (χ3v) is 4.05. The lowest BCUT2D eigenvalue weighted by Gasteiger charge is -2.37. The maximum atomic E-state index is 12.5. The van der Waals surface area contributed by atoms with Crippen LogP contribution < -0.4 is 5.73 Å². The molecule has 0 aromatic rings. The summed E-state index contributed by atoms with van der Waals surface area (Å²) >= 11 is 0. The third-order valence-electron chi connectivity index (χ3n) is 4.05. The molecule has 1 fully saturated rings. The summed E-state index contributed by atoms with van der Waals surface area (Å²) in [6, 6.07) is -0.346. The zero-order valence-electron chi connectivity index (χ0n) is 12.7. The summed E-state index contributed by atoms with van der Waals surface area (Å²) in [5.41, 5.74) is 5.19. The molecule has 0 saturated carbocycles. The minimum absolute atomic E-state index is 0.114. The fourth-order valence-electron chi connectivity index (χ4n) is 2.57. The van der Waals surface area contributed by atoms with Crippen LogP contribution in [0.15, 0.2) is 0 Å². The summed E-state index contributed by atoms with van der Waals surface area (Å²) in [5.74, 6) is -1.10. The summed E-state index contributed by atoms with van der Waals surface area (Å²) < 4.78 is 0. The number of rotatable bonds is 6. The smallest absolute Gasteiger partial charge is 0.323 e. The quantitative estimate of drug-likeness (QED) is 0.759. The van der Waals surface area contributed by atoms with Crippen molar-refractivity contribution in [3.05, 3.63) is 0 Å². The van der Waals surface area contributed by atoms with Crippen LogP contribution in [0.5, 0.6) is 0 Å². The van der Waals surface area contributed by atoms with Gasteiger partial charge in [0.15, 0.2) is 0 Å². The molecule has 1 unspecified atom stereocenters. The van der Waals surface area contributed by atoms with E-state index in [-0.39, 0.29) is 30.4 Å². The normalized spacial score (nSPS) is 17.3. The monoisotopic (exact) mass is 299 g/mol. The van der Waals surface area contributed by atoms with Crippen molar-refractivity contribution in [3.8, 4) is 0 Å². The Morgan fingerprint density at radius 1 is 1.33 bits per heavy atom. The molecular weight excluding hydrogens is 274 g/mol. The van der Waals surface area contributed by atoms with Gasteiger partial charge in [-0.2, -0.15) is 0 Å². The predicted molar refractivity (Wildman–Crippen MR) is 77.6 cm³/mol. The van der Waals surface area contributed by atoms with Gasteiger partial charge in [-0.25, -0.2) is 4.79 Å². The number of carbonyl (C=O) groups is 3. The van der Waals surface area contributed by atoms with Gasteiger partial charge in [-0.05, 0) is 32.1 Å². The molecule has 1 aliphatic heterocycles. The summed E-state index contributed by atoms with van der Waals surface area (Å²) in [7, 11) is 0. The molecule has 0 aromatic heterocycles. The minimum Gasteiger partial charge on any atom is -0.480 e. The van der Waals surface area contributed by atoms with Gasteiger partial charge in [0.25, 0.3) is 0 Å². The molecule has 0 radical (unpaired) electrons. The second kappa shape index (κ2) is 7.85. The topological polar surface area (TPSA) is 104 Å². The van der Waals surface area contributed by atoms with Crippen molar-refractivity contribution in [2.45, 2.75) is 45.6 Å². The Bertz CT molecular complexity index is 392. The molecule has 0 aliphatic carbocycles. The van der Waals surface area contributed by atoms with E-state index in [1.165, 1.54) is 4.90 Å². The van der Waals surface area contributed by atoms with Gasteiger partial charge in [-0.3, -0.25) is 9.59 Å². The van der Waals surface area contributed by atoms with Crippen LogP contribution in [-0.4, -0.2) is 58.5 Å². The highest BCUT2D eigenvalue weighted by molar-refractivity contribution is 5.80. The van der Waals surface area contributed by atoms with Gasteiger partial charge >= 0.3 is 12.0 Å². The van der Waals surface area contributed by atoms with Crippen LogP contribution in [0.25, 0.3) is 0 Å². The number of carboxylic acid groups (broad SMARTS) is 1. The number of carboxylic acids is 1. The fraction of sp³-hybridized carbons (Fsp3) is 0.786. The molecule has 1 saturated heterocycles. The fourth-order valence-corrected chi connectivity index (χ4v) is 2.57. The molecule has 1 aliphatic rings. The van der Waals surface area contributed by atoms with Crippen molar-refractivity contribution in [2.24, 2.45) is 11.7 Å². The Hall–Kier alpha value is -1.79. The number of amides is 3. The van der Waals surface area contributed by atoms with Crippen LogP contribution in [0.1, 0.15) is 39.5 Å². The summed E-state index contributed by atoms with van der Waals surface area (Å²) in [4.78, 5) is 37.4. The number of nitrogens with zero attached hydrogens (tertiary/aromatic N) is 2. The Morgan fingerprint density at radius 3 is 2.33 bits per heavy atom. The lowest BCUT2D eigenvalue weighted by Crippen LogP contribution is -2.51. The van der Waals surface area contributed by atoms with E-state index in [0.717, 1.165) is 12.8 Å². The highest BCUT2D eigenvalue weighted by atomic mass is 16.4. The Balaban J connectivity index is 2.60. The lowest BCUT2D eigenvalue weighted by molar-refractivity contribution is -0.138. The number of nitrogens with two attached hydrogens (primary N) is 1. The highest BCUT2D eigenvalue weighted by Crippen LogP contribution is 2.21. The zero-order chi connectivity index (χ0) is 16.0. The first-order chi connectivity index (χ1) is 9.85. The average Bonchev–Trinajstić information content (AvgIpc) is 2.43. The maximum absolute atomic E-state index is 12.5. The molecule has 3 amide bonds. The SMILES string of the molecule is CCC(C)N(CC(=O)O)C(=O)N1CCC(CC(N)=O)CC1. The number of carbonyl (C=O) groups excluding carboxylic acids is 2. The molecular formula is C14H25N3O4. The van der Waals surface area contributed by atoms with Crippen LogP contribution in [0.4, 0.5) is 4.79 Å². The Kier molecular flexibility index (Phi) is 6.45. The molecule has 7 heteroatoms. The minimum atomic E-state index is -1.01. The number of hydrogen-bond acceptors (Lipinski definition) is 3. The summed E-state index contributed by atoms with van der Waals surface area (Å²) in [5, 5.41) is 8.95. The first-order valence-electron chi connectivity index (χ1n) is 7.40. The first kappa shape index (κ1) is 17.3. The molecule has 0 aromatic carbocycles. The number of urea groups is 1. The summed E-state index contributed by atoms with van der Waals surface area (Å²) in [6.45, 7) is 4.58. The van der Waals surface area contributed by atoms with Gasteiger partial charge in [-0.15, -0.1) is 0 Å². The number of primary amides is 1. The molecule has 0 bridgehead atoms. The van der Waals surface area contributed by atoms with Gasteiger partial charge < -0.3 is 20.6 Å². The van der Waals surface area contributed by atoms with Crippen LogP contribution in [-0.2, 0) is 9.59 Å². The highest BCUT2D eigenvalue weighted by Gasteiger charge is 2.29. The van der Waals surface area contributed by atoms with Crippen molar-refractivity contribution in [1.29, 1.82) is 0 Å². The molecule has 3 N–H and O–H groups in total. The Morgan fingerprint density at radius 2 is 1.90 bits per heavy atom. The van der Waals surface area contributed by atoms with Gasteiger partial charge in [0, 0.05) is 25.6 Å². The van der Waals surface area contributed by atoms with Gasteiger partial charge in [-0.1, -0.05) is 6.92 Å². The van der Waals surface area contributed by atoms with Crippen molar-refractivity contribution in [3.63, 3.8) is 0 Å². The van der Waals surface area contributed by atoms with Crippen LogP contribution >= 0.6 is 0 Å². The lowest BCUT2D eigenvalue weighted by atomic mass is 9.93. The largest absolute Gasteiger partial charge is 0.480 e. The van der Waals surface area contributed by atoms with Crippen LogP contribution in [0, 0.1) is 5.92 Å². The van der Waals surface area contributed by atoms with Crippen LogP contribution in [0.3, 0.4) is 0 Å². The Labute approximate surface area is 125 Å². The molecule has 1 heterocycles. The second-order valence-corrected chi connectivity index (χ2v) is 5.66. The number of aliphatic carboxylic acids is 1. The standard InChI is InChI=1S/C14H25N3O4/c1-3-10(2)17(9-13(19)20)14(21)16-6-4-11(5-7-16)8-12(15)18/h10-11H,3-9H2,1-2H3,(H2,15,18)(H,19,20). The van der Waals surface area contributed by atoms with E-state index in [9.17, 15) is 14.4 Å². The van der Waals surface area contributed by atoms with E-state index >= 15 is 0 Å². The number of hydrogen-bond donors (Lipinski definition) is 2. The number of likely N-dealkylation sites (tertiary alicyclic amines) is 1. The van der Waals surface area contributed by atoms with Crippen molar-refractivity contribution in [1.82, 2.24) is 9.80 Å². The van der Waals surface area contributed by atoms with E-state index in [1.807, 2.05) is 13.8 Å². The number of piperidine rings is 1. The first-order valence-corrected chi connectivity index (χ1v) is 7.40. The van der Waals surface area contributed by atoms with E-state index in [4.69, 9.17) is 10.8 Å². The third kappa shape index (κ3) is 5.24.